The van der Waals surface area contributed by atoms with Gasteiger partial charge in [-0.05, 0) is 43.4 Å². The number of amides is 1. The largest absolute Gasteiger partial charge is 0.507 e. The summed E-state index contributed by atoms with van der Waals surface area (Å²) in [6.07, 6.45) is 2.18. The van der Waals surface area contributed by atoms with Crippen molar-refractivity contribution in [2.45, 2.75) is 39.7 Å². The first-order chi connectivity index (χ1) is 9.10. The number of rotatable bonds is 5. The molecule has 0 fully saturated rings. The lowest BCUT2D eigenvalue weighted by molar-refractivity contribution is 0.0778. The monoisotopic (exact) mass is 263 g/mol. The Hall–Kier alpha value is -1.55. The molecule has 4 heteroatoms. The molecular formula is C15H21NO3. The summed E-state index contributed by atoms with van der Waals surface area (Å²) in [6, 6.07) is 1.87. The van der Waals surface area contributed by atoms with Crippen molar-refractivity contribution >= 4 is 5.91 Å². The third-order valence-corrected chi connectivity index (χ3v) is 3.68. The minimum atomic E-state index is 0.0176. The number of phenols is 1. The zero-order valence-corrected chi connectivity index (χ0v) is 11.6. The summed E-state index contributed by atoms with van der Waals surface area (Å²) in [5.74, 6) is 0.263. The lowest BCUT2D eigenvalue weighted by atomic mass is 9.96. The van der Waals surface area contributed by atoms with E-state index in [0.29, 0.717) is 24.9 Å². The molecule has 0 aliphatic carbocycles. The number of nitrogens with zero attached hydrogens (tertiary/aromatic N) is 1. The van der Waals surface area contributed by atoms with Crippen molar-refractivity contribution in [1.82, 2.24) is 4.90 Å². The third kappa shape index (κ3) is 2.45. The summed E-state index contributed by atoms with van der Waals surface area (Å²) in [5.41, 5.74) is 3.17. The highest BCUT2D eigenvalue weighted by molar-refractivity contribution is 5.99. The summed E-state index contributed by atoms with van der Waals surface area (Å²) in [7, 11) is 0. The number of hydrogen-bond donors (Lipinski definition) is 2. The molecular weight excluding hydrogens is 242 g/mol. The molecule has 0 spiro atoms. The van der Waals surface area contributed by atoms with Crippen LogP contribution in [0.25, 0.3) is 0 Å². The summed E-state index contributed by atoms with van der Waals surface area (Å²) in [4.78, 5) is 14.0. The molecule has 0 aromatic heterocycles. The molecule has 0 radical (unpaired) electrons. The van der Waals surface area contributed by atoms with Crippen LogP contribution in [0.4, 0.5) is 0 Å². The normalized spacial score (nSPS) is 14.1. The molecule has 0 atom stereocenters. The number of aromatic hydroxyl groups is 1. The molecule has 0 saturated carbocycles. The predicted molar refractivity (Wildman–Crippen MR) is 73.3 cm³/mol. The predicted octanol–water partition coefficient (Wildman–Crippen LogP) is 1.99. The maximum absolute atomic E-state index is 12.2. The molecule has 1 aliphatic rings. The van der Waals surface area contributed by atoms with E-state index >= 15 is 0 Å². The second-order valence-electron chi connectivity index (χ2n) is 5.10. The molecule has 0 saturated heterocycles. The second-order valence-corrected chi connectivity index (χ2v) is 5.10. The quantitative estimate of drug-likeness (QED) is 0.854. The van der Waals surface area contributed by atoms with E-state index in [1.165, 1.54) is 0 Å². The SMILES string of the molecule is CCCN1Cc2c(cc(C)c(CCCO)c2O)C1=O. The number of benzene rings is 1. The Bertz CT molecular complexity index is 497. The van der Waals surface area contributed by atoms with Crippen molar-refractivity contribution in [2.24, 2.45) is 0 Å². The Balaban J connectivity index is 2.37. The average Bonchev–Trinajstić information content (AvgIpc) is 2.68. The summed E-state index contributed by atoms with van der Waals surface area (Å²) in [6.45, 7) is 5.27. The van der Waals surface area contributed by atoms with Crippen molar-refractivity contribution in [1.29, 1.82) is 0 Å². The summed E-state index contributed by atoms with van der Waals surface area (Å²) >= 11 is 0. The van der Waals surface area contributed by atoms with Crippen LogP contribution in [0.5, 0.6) is 5.75 Å². The van der Waals surface area contributed by atoms with Crippen LogP contribution < -0.4 is 0 Å². The van der Waals surface area contributed by atoms with Crippen molar-refractivity contribution in [3.8, 4) is 5.75 Å². The van der Waals surface area contributed by atoms with Gasteiger partial charge in [0.25, 0.3) is 5.91 Å². The molecule has 4 nitrogen and oxygen atoms in total. The van der Waals surface area contributed by atoms with E-state index in [-0.39, 0.29) is 18.3 Å². The van der Waals surface area contributed by atoms with Gasteiger partial charge in [0.2, 0.25) is 0 Å². The van der Waals surface area contributed by atoms with Gasteiger partial charge >= 0.3 is 0 Å². The lowest BCUT2D eigenvalue weighted by Crippen LogP contribution is -2.24. The van der Waals surface area contributed by atoms with Crippen LogP contribution in [0.1, 0.15) is 46.8 Å². The molecule has 1 aromatic rings. The fraction of sp³-hybridized carbons (Fsp3) is 0.533. The molecule has 1 heterocycles. The fourth-order valence-electron chi connectivity index (χ4n) is 2.69. The van der Waals surface area contributed by atoms with Gasteiger partial charge < -0.3 is 15.1 Å². The van der Waals surface area contributed by atoms with Crippen LogP contribution in [0.15, 0.2) is 6.07 Å². The van der Waals surface area contributed by atoms with Crippen molar-refractivity contribution in [2.75, 3.05) is 13.2 Å². The standard InChI is InChI=1S/C15H21NO3/c1-3-6-16-9-13-12(15(16)19)8-10(2)11(14(13)18)5-4-7-17/h8,17-18H,3-7,9H2,1-2H3. The fourth-order valence-corrected chi connectivity index (χ4v) is 2.69. The van der Waals surface area contributed by atoms with Gasteiger partial charge in [-0.15, -0.1) is 0 Å². The van der Waals surface area contributed by atoms with E-state index in [4.69, 9.17) is 5.11 Å². The number of phenolic OH excluding ortho intramolecular Hbond substituents is 1. The highest BCUT2D eigenvalue weighted by atomic mass is 16.3. The van der Waals surface area contributed by atoms with E-state index in [9.17, 15) is 9.90 Å². The molecule has 2 N–H and O–H groups in total. The molecule has 0 unspecified atom stereocenters. The number of carbonyl (C=O) groups excluding carboxylic acids is 1. The van der Waals surface area contributed by atoms with Gasteiger partial charge in [0.15, 0.2) is 0 Å². The molecule has 1 aliphatic heterocycles. The number of hydrogen-bond acceptors (Lipinski definition) is 3. The Kier molecular flexibility index (Phi) is 4.10. The number of aliphatic hydroxyl groups is 1. The maximum atomic E-state index is 12.2. The van der Waals surface area contributed by atoms with E-state index in [2.05, 4.69) is 0 Å². The Morgan fingerprint density at radius 1 is 1.42 bits per heavy atom. The summed E-state index contributed by atoms with van der Waals surface area (Å²) in [5, 5.41) is 19.3. The number of fused-ring (bicyclic) bond motifs is 1. The number of aryl methyl sites for hydroxylation is 1. The topological polar surface area (TPSA) is 60.8 Å². The van der Waals surface area contributed by atoms with E-state index < -0.39 is 0 Å². The highest BCUT2D eigenvalue weighted by Crippen LogP contribution is 2.35. The number of carbonyl (C=O) groups is 1. The van der Waals surface area contributed by atoms with Crippen LogP contribution >= 0.6 is 0 Å². The van der Waals surface area contributed by atoms with Crippen molar-refractivity contribution < 1.29 is 15.0 Å². The van der Waals surface area contributed by atoms with Gasteiger partial charge in [0, 0.05) is 24.3 Å². The molecule has 0 bridgehead atoms. The Morgan fingerprint density at radius 2 is 2.16 bits per heavy atom. The van der Waals surface area contributed by atoms with Crippen LogP contribution in [0, 0.1) is 6.92 Å². The van der Waals surface area contributed by atoms with Crippen LogP contribution in [0.2, 0.25) is 0 Å². The van der Waals surface area contributed by atoms with E-state index in [1.807, 2.05) is 19.9 Å². The van der Waals surface area contributed by atoms with Gasteiger partial charge in [0.1, 0.15) is 5.75 Å². The van der Waals surface area contributed by atoms with Gasteiger partial charge in [-0.1, -0.05) is 6.92 Å². The zero-order chi connectivity index (χ0) is 14.0. The van der Waals surface area contributed by atoms with Crippen LogP contribution in [-0.2, 0) is 13.0 Å². The van der Waals surface area contributed by atoms with Crippen LogP contribution in [-0.4, -0.2) is 34.2 Å². The van der Waals surface area contributed by atoms with Crippen LogP contribution in [0.3, 0.4) is 0 Å². The first kappa shape index (κ1) is 13.9. The smallest absolute Gasteiger partial charge is 0.254 e. The lowest BCUT2D eigenvalue weighted by Gasteiger charge is -2.13. The van der Waals surface area contributed by atoms with E-state index in [1.54, 1.807) is 4.90 Å². The maximum Gasteiger partial charge on any atom is 0.254 e. The molecule has 104 valence electrons. The second kappa shape index (κ2) is 5.61. The zero-order valence-electron chi connectivity index (χ0n) is 11.6. The summed E-state index contributed by atoms with van der Waals surface area (Å²) < 4.78 is 0. The molecule has 19 heavy (non-hydrogen) atoms. The molecule has 2 rings (SSSR count). The van der Waals surface area contributed by atoms with Crippen molar-refractivity contribution in [3.63, 3.8) is 0 Å². The van der Waals surface area contributed by atoms with Gasteiger partial charge in [-0.3, -0.25) is 4.79 Å². The van der Waals surface area contributed by atoms with E-state index in [0.717, 1.165) is 29.7 Å². The molecule has 1 amide bonds. The minimum Gasteiger partial charge on any atom is -0.507 e. The van der Waals surface area contributed by atoms with Crippen molar-refractivity contribution in [3.05, 3.63) is 28.3 Å². The first-order valence-electron chi connectivity index (χ1n) is 6.84. The van der Waals surface area contributed by atoms with Gasteiger partial charge in [-0.25, -0.2) is 0 Å². The minimum absolute atomic E-state index is 0.0176. The third-order valence-electron chi connectivity index (χ3n) is 3.68. The molecule has 1 aromatic carbocycles. The highest BCUT2D eigenvalue weighted by Gasteiger charge is 2.30. The van der Waals surface area contributed by atoms with Gasteiger partial charge in [-0.2, -0.15) is 0 Å². The average molecular weight is 263 g/mol. The first-order valence-corrected chi connectivity index (χ1v) is 6.84. The Labute approximate surface area is 113 Å². The Morgan fingerprint density at radius 3 is 2.79 bits per heavy atom. The number of aliphatic hydroxyl groups excluding tert-OH is 1. The van der Waals surface area contributed by atoms with Gasteiger partial charge in [0.05, 0.1) is 6.54 Å².